The number of methoxy groups -OCH3 is 2. The minimum absolute atomic E-state index is 0.00868. The lowest BCUT2D eigenvalue weighted by atomic mass is 10.4. The quantitative estimate of drug-likeness (QED) is 0.369. The number of halogens is 1. The molecule has 1 saturated heterocycles. The smallest absolute Gasteiger partial charge is 0.331 e. The number of nitrogens with zero attached hydrogens (tertiary/aromatic N) is 4. The number of hydrogen-bond acceptors (Lipinski definition) is 9. The average molecular weight is 470 g/mol. The highest BCUT2D eigenvalue weighted by atomic mass is 79.9. The predicted molar refractivity (Wildman–Crippen MR) is 112 cm³/mol. The molecular formula is C18H24BrN5O5. The minimum atomic E-state index is -0.543. The first kappa shape index (κ1) is 22.6. The Hall–Kier alpha value is -2.66. The van der Waals surface area contributed by atoms with Crippen LogP contribution in [0.25, 0.3) is 0 Å². The van der Waals surface area contributed by atoms with E-state index >= 15 is 0 Å². The second kappa shape index (κ2) is 11.4. The molecule has 0 aliphatic carbocycles. The van der Waals surface area contributed by atoms with E-state index in [0.29, 0.717) is 28.7 Å². The van der Waals surface area contributed by atoms with Crippen LogP contribution in [-0.4, -0.2) is 60.3 Å². The molecule has 2 aromatic rings. The third-order valence-electron chi connectivity index (χ3n) is 4.11. The zero-order valence-electron chi connectivity index (χ0n) is 16.3. The van der Waals surface area contributed by atoms with E-state index in [9.17, 15) is 10.1 Å². The van der Waals surface area contributed by atoms with Crippen molar-refractivity contribution in [2.75, 3.05) is 46.2 Å². The van der Waals surface area contributed by atoms with Crippen LogP contribution in [0.2, 0.25) is 0 Å². The Morgan fingerprint density at radius 2 is 1.83 bits per heavy atom. The molecule has 0 aromatic carbocycles. The Bertz CT molecular complexity index is 817. The van der Waals surface area contributed by atoms with E-state index in [4.69, 9.17) is 19.9 Å². The molecule has 3 heterocycles. The lowest BCUT2D eigenvalue weighted by Crippen LogP contribution is -2.25. The summed E-state index contributed by atoms with van der Waals surface area (Å²) in [5.41, 5.74) is 6.07. The van der Waals surface area contributed by atoms with Crippen molar-refractivity contribution in [2.24, 2.45) is 0 Å². The van der Waals surface area contributed by atoms with Gasteiger partial charge >= 0.3 is 5.69 Å². The summed E-state index contributed by atoms with van der Waals surface area (Å²) in [6.07, 6.45) is 2.60. The van der Waals surface area contributed by atoms with E-state index in [0.717, 1.165) is 6.54 Å². The molecule has 158 valence electrons. The van der Waals surface area contributed by atoms with Crippen molar-refractivity contribution in [1.29, 1.82) is 0 Å². The largest absolute Gasteiger partial charge is 0.479 e. The highest BCUT2D eigenvalue weighted by molar-refractivity contribution is 9.10. The Kier molecular flexibility index (Phi) is 8.87. The lowest BCUT2D eigenvalue weighted by molar-refractivity contribution is -0.386. The summed E-state index contributed by atoms with van der Waals surface area (Å²) in [6.45, 7) is 3.97. The zero-order valence-corrected chi connectivity index (χ0v) is 17.9. The Labute approximate surface area is 177 Å². The lowest BCUT2D eigenvalue weighted by Gasteiger charge is -2.14. The van der Waals surface area contributed by atoms with Crippen LogP contribution >= 0.6 is 15.9 Å². The Morgan fingerprint density at radius 1 is 1.14 bits per heavy atom. The number of rotatable bonds is 7. The van der Waals surface area contributed by atoms with Gasteiger partial charge in [0.1, 0.15) is 11.2 Å². The highest BCUT2D eigenvalue weighted by Gasteiger charge is 2.15. The minimum Gasteiger partial charge on any atom is -0.479 e. The van der Waals surface area contributed by atoms with Crippen LogP contribution < -0.4 is 19.9 Å². The molecule has 3 rings (SSSR count). The van der Waals surface area contributed by atoms with Gasteiger partial charge in [-0.2, -0.15) is 4.98 Å². The van der Waals surface area contributed by atoms with Gasteiger partial charge in [0.05, 0.1) is 24.8 Å². The van der Waals surface area contributed by atoms with Crippen LogP contribution in [0, 0.1) is 10.1 Å². The first-order chi connectivity index (χ1) is 13.9. The molecule has 29 heavy (non-hydrogen) atoms. The molecule has 0 atom stereocenters. The average Bonchev–Trinajstić information content (AvgIpc) is 3.23. The summed E-state index contributed by atoms with van der Waals surface area (Å²) in [6, 6.07) is 6.33. The van der Waals surface area contributed by atoms with Gasteiger partial charge in [0, 0.05) is 18.7 Å². The molecule has 1 aliphatic heterocycles. The van der Waals surface area contributed by atoms with E-state index in [1.165, 1.54) is 45.2 Å². The van der Waals surface area contributed by atoms with Crippen molar-refractivity contribution in [3.05, 3.63) is 39.0 Å². The van der Waals surface area contributed by atoms with Crippen LogP contribution in [0.5, 0.6) is 17.6 Å². The fraction of sp³-hybridized carbons (Fsp3) is 0.444. The van der Waals surface area contributed by atoms with Gasteiger partial charge in [0.25, 0.3) is 5.88 Å². The monoisotopic (exact) mass is 469 g/mol. The Balaban J connectivity index is 0.000000221. The summed E-state index contributed by atoms with van der Waals surface area (Å²) in [5.74, 6) is 0.994. The zero-order chi connectivity index (χ0) is 21.2. The van der Waals surface area contributed by atoms with E-state index < -0.39 is 4.92 Å². The molecule has 0 radical (unpaired) electrons. The van der Waals surface area contributed by atoms with Gasteiger partial charge in [0.2, 0.25) is 11.8 Å². The van der Waals surface area contributed by atoms with Gasteiger partial charge in [-0.15, -0.1) is 0 Å². The summed E-state index contributed by atoms with van der Waals surface area (Å²) in [4.78, 5) is 20.1. The van der Waals surface area contributed by atoms with Crippen LogP contribution in [0.4, 0.5) is 11.4 Å². The van der Waals surface area contributed by atoms with E-state index in [1.807, 2.05) is 0 Å². The molecule has 10 nitrogen and oxygen atoms in total. The molecule has 0 unspecified atom stereocenters. The second-order valence-corrected chi connectivity index (χ2v) is 6.88. The maximum Gasteiger partial charge on any atom is 0.331 e. The SMILES string of the molecule is COc1nc(Br)ccc1[N+](=O)[O-].COc1nc(OCCN2CCCC2)ccc1N. The third kappa shape index (κ3) is 7.02. The van der Waals surface area contributed by atoms with E-state index in [-0.39, 0.29) is 11.6 Å². The number of likely N-dealkylation sites (tertiary alicyclic amines) is 1. The number of nitrogens with two attached hydrogens (primary N) is 1. The van der Waals surface area contributed by atoms with Crippen LogP contribution in [0.15, 0.2) is 28.9 Å². The molecule has 2 aromatic heterocycles. The molecule has 2 N–H and O–H groups in total. The van der Waals surface area contributed by atoms with Crippen molar-refractivity contribution in [2.45, 2.75) is 12.8 Å². The fourth-order valence-corrected chi connectivity index (χ4v) is 2.96. The van der Waals surface area contributed by atoms with Crippen LogP contribution in [0.3, 0.4) is 0 Å². The number of hydrogen-bond donors (Lipinski definition) is 1. The number of anilines is 1. The maximum atomic E-state index is 10.4. The standard InChI is InChI=1S/C12H19N3O2.C6H5BrN2O3/c1-16-12-10(13)4-5-11(14-12)17-9-8-15-6-2-3-7-15;1-12-6-4(9(10)11)2-3-5(7)8-6/h4-5H,2-3,6-9,13H2,1H3;2-3H,1H3. The van der Waals surface area contributed by atoms with Crippen molar-refractivity contribution in [3.63, 3.8) is 0 Å². The summed E-state index contributed by atoms with van der Waals surface area (Å²) in [7, 11) is 2.88. The van der Waals surface area contributed by atoms with Gasteiger partial charge < -0.3 is 19.9 Å². The molecular weight excluding hydrogens is 446 g/mol. The van der Waals surface area contributed by atoms with Crippen molar-refractivity contribution in [3.8, 4) is 17.6 Å². The van der Waals surface area contributed by atoms with Gasteiger partial charge in [-0.3, -0.25) is 15.0 Å². The Morgan fingerprint density at radius 3 is 2.45 bits per heavy atom. The summed E-state index contributed by atoms with van der Waals surface area (Å²) < 4.78 is 15.8. The number of aromatic nitrogens is 2. The molecule has 1 aliphatic rings. The van der Waals surface area contributed by atoms with Gasteiger partial charge in [0.15, 0.2) is 0 Å². The normalized spacial score (nSPS) is 13.3. The predicted octanol–water partition coefficient (Wildman–Crippen LogP) is 2.91. The first-order valence-electron chi connectivity index (χ1n) is 8.95. The molecule has 0 amide bonds. The van der Waals surface area contributed by atoms with E-state index in [1.54, 1.807) is 19.2 Å². The van der Waals surface area contributed by atoms with Crippen molar-refractivity contribution >= 4 is 27.3 Å². The summed E-state index contributed by atoms with van der Waals surface area (Å²) >= 11 is 3.07. The van der Waals surface area contributed by atoms with Crippen molar-refractivity contribution < 1.29 is 19.1 Å². The first-order valence-corrected chi connectivity index (χ1v) is 9.74. The van der Waals surface area contributed by atoms with Gasteiger partial charge in [-0.25, -0.2) is 4.98 Å². The molecule has 0 saturated carbocycles. The molecule has 11 heteroatoms. The number of pyridine rings is 2. The van der Waals surface area contributed by atoms with Crippen LogP contribution in [-0.2, 0) is 0 Å². The number of nitro groups is 1. The fourth-order valence-electron chi connectivity index (χ4n) is 2.66. The third-order valence-corrected chi connectivity index (χ3v) is 4.55. The molecule has 0 bridgehead atoms. The van der Waals surface area contributed by atoms with Gasteiger partial charge in [-0.05, 0) is 54.0 Å². The number of nitrogen functional groups attached to an aromatic ring is 1. The second-order valence-electron chi connectivity index (χ2n) is 6.06. The molecule has 0 spiro atoms. The molecule has 1 fully saturated rings. The number of ether oxygens (including phenoxy) is 3. The van der Waals surface area contributed by atoms with Crippen molar-refractivity contribution in [1.82, 2.24) is 14.9 Å². The van der Waals surface area contributed by atoms with Gasteiger partial charge in [-0.1, -0.05) is 0 Å². The van der Waals surface area contributed by atoms with E-state index in [2.05, 4.69) is 30.8 Å². The highest BCUT2D eigenvalue weighted by Crippen LogP contribution is 2.25. The van der Waals surface area contributed by atoms with Crippen LogP contribution in [0.1, 0.15) is 12.8 Å². The topological polar surface area (TPSA) is 126 Å². The maximum absolute atomic E-state index is 10.4. The summed E-state index contributed by atoms with van der Waals surface area (Å²) in [5, 5.41) is 10.4.